The summed E-state index contributed by atoms with van der Waals surface area (Å²) in [5, 5.41) is 0. The predicted octanol–water partition coefficient (Wildman–Crippen LogP) is 3.23. The highest BCUT2D eigenvalue weighted by molar-refractivity contribution is 8.00. The number of rotatable bonds is 4. The van der Waals surface area contributed by atoms with Gasteiger partial charge >= 0.3 is 5.51 Å². The Hall–Kier alpha value is -0.880. The molecule has 0 saturated carbocycles. The van der Waals surface area contributed by atoms with Gasteiger partial charge in [-0.05, 0) is 29.5 Å². The van der Waals surface area contributed by atoms with E-state index in [2.05, 4.69) is 0 Å². The van der Waals surface area contributed by atoms with Gasteiger partial charge in [-0.3, -0.25) is 4.79 Å². The maximum absolute atomic E-state index is 12.1. The van der Waals surface area contributed by atoms with Crippen LogP contribution >= 0.6 is 23.4 Å². The van der Waals surface area contributed by atoms with Crippen molar-refractivity contribution < 1.29 is 18.0 Å². The van der Waals surface area contributed by atoms with Crippen LogP contribution in [0.4, 0.5) is 18.9 Å². The average Bonchev–Trinajstić information content (AvgIpc) is 2.19. The lowest BCUT2D eigenvalue weighted by Gasteiger charge is -2.09. The van der Waals surface area contributed by atoms with Gasteiger partial charge in [0.15, 0.2) is 5.78 Å². The number of hydrogen-bond donors (Lipinski definition) is 1. The SMILES string of the molecule is Nc1cc(SC(F)(F)F)ccc1CC(=O)CCl. The molecule has 1 aromatic rings. The van der Waals surface area contributed by atoms with Crippen LogP contribution in [0.5, 0.6) is 0 Å². The summed E-state index contributed by atoms with van der Waals surface area (Å²) in [5.74, 6) is -0.368. The first kappa shape index (κ1) is 14.2. The Morgan fingerprint density at radius 2 is 2.06 bits per heavy atom. The van der Waals surface area contributed by atoms with Crippen LogP contribution < -0.4 is 5.73 Å². The molecule has 2 N–H and O–H groups in total. The van der Waals surface area contributed by atoms with Gasteiger partial charge in [0.2, 0.25) is 0 Å². The number of halogens is 4. The number of benzene rings is 1. The molecule has 0 atom stereocenters. The molecule has 17 heavy (non-hydrogen) atoms. The quantitative estimate of drug-likeness (QED) is 0.524. The topological polar surface area (TPSA) is 43.1 Å². The standard InChI is InChI=1S/C10H9ClF3NOS/c11-5-7(16)3-6-1-2-8(4-9(6)15)17-10(12,13)14/h1-2,4H,3,5,15H2. The molecule has 2 nitrogen and oxygen atoms in total. The van der Waals surface area contributed by atoms with Crippen molar-refractivity contribution >= 4 is 34.8 Å². The number of alkyl halides is 4. The first-order chi connectivity index (χ1) is 7.81. The number of hydrogen-bond acceptors (Lipinski definition) is 3. The lowest BCUT2D eigenvalue weighted by atomic mass is 10.1. The van der Waals surface area contributed by atoms with Crippen LogP contribution in [-0.4, -0.2) is 17.2 Å². The molecule has 0 aliphatic rings. The normalized spacial score (nSPS) is 11.5. The molecule has 0 saturated heterocycles. The fourth-order valence-electron chi connectivity index (χ4n) is 1.19. The Kier molecular flexibility index (Phi) is 4.70. The Morgan fingerprint density at radius 3 is 2.53 bits per heavy atom. The molecule has 0 spiro atoms. The first-order valence-corrected chi connectivity index (χ1v) is 5.88. The predicted molar refractivity (Wildman–Crippen MR) is 62.2 cm³/mol. The van der Waals surface area contributed by atoms with E-state index < -0.39 is 5.51 Å². The van der Waals surface area contributed by atoms with Crippen molar-refractivity contribution in [2.24, 2.45) is 0 Å². The minimum Gasteiger partial charge on any atom is -0.398 e. The van der Waals surface area contributed by atoms with Crippen molar-refractivity contribution in [2.75, 3.05) is 11.6 Å². The van der Waals surface area contributed by atoms with Gasteiger partial charge in [-0.1, -0.05) is 6.07 Å². The maximum atomic E-state index is 12.1. The van der Waals surface area contributed by atoms with Gasteiger partial charge < -0.3 is 5.73 Å². The summed E-state index contributed by atoms with van der Waals surface area (Å²) in [6, 6.07) is 3.90. The number of anilines is 1. The van der Waals surface area contributed by atoms with Crippen molar-refractivity contribution in [3.05, 3.63) is 23.8 Å². The number of Topliss-reactive ketones (excluding diaryl/α,β-unsaturated/α-hetero) is 1. The smallest absolute Gasteiger partial charge is 0.398 e. The van der Waals surface area contributed by atoms with E-state index >= 15 is 0 Å². The molecule has 1 aromatic carbocycles. The summed E-state index contributed by atoms with van der Waals surface area (Å²) in [4.78, 5) is 11.1. The molecule has 0 fully saturated rings. The van der Waals surface area contributed by atoms with E-state index in [1.165, 1.54) is 18.2 Å². The third-order valence-corrected chi connectivity index (χ3v) is 2.91. The largest absolute Gasteiger partial charge is 0.446 e. The van der Waals surface area contributed by atoms with Gasteiger partial charge in [-0.2, -0.15) is 13.2 Å². The van der Waals surface area contributed by atoms with Crippen LogP contribution in [0.2, 0.25) is 0 Å². The first-order valence-electron chi connectivity index (χ1n) is 4.53. The molecule has 0 aromatic heterocycles. The lowest BCUT2D eigenvalue weighted by Crippen LogP contribution is -2.06. The minimum absolute atomic E-state index is 0.00271. The summed E-state index contributed by atoms with van der Waals surface area (Å²) in [5.41, 5.74) is 1.87. The molecule has 0 unspecified atom stereocenters. The molecule has 0 aliphatic carbocycles. The van der Waals surface area contributed by atoms with Crippen molar-refractivity contribution in [1.82, 2.24) is 0 Å². The summed E-state index contributed by atoms with van der Waals surface area (Å²) < 4.78 is 36.3. The molecular weight excluding hydrogens is 275 g/mol. The highest BCUT2D eigenvalue weighted by Gasteiger charge is 2.29. The zero-order valence-electron chi connectivity index (χ0n) is 8.55. The highest BCUT2D eigenvalue weighted by Crippen LogP contribution is 2.37. The van der Waals surface area contributed by atoms with E-state index in [1.54, 1.807) is 0 Å². The number of thioether (sulfide) groups is 1. The summed E-state index contributed by atoms with van der Waals surface area (Å²) in [6.45, 7) is 0. The van der Waals surface area contributed by atoms with Gasteiger partial charge in [0, 0.05) is 17.0 Å². The van der Waals surface area contributed by atoms with Gasteiger partial charge in [-0.25, -0.2) is 0 Å². The van der Waals surface area contributed by atoms with Gasteiger partial charge in [0.05, 0.1) is 5.88 Å². The number of carbonyl (C=O) groups is 1. The van der Waals surface area contributed by atoms with Crippen LogP contribution in [0, 0.1) is 0 Å². The van der Waals surface area contributed by atoms with Crippen LogP contribution in [0.25, 0.3) is 0 Å². The highest BCUT2D eigenvalue weighted by atomic mass is 35.5. The second kappa shape index (κ2) is 5.64. The molecular formula is C10H9ClF3NOS. The third kappa shape index (κ3) is 4.87. The number of nitrogen functional groups attached to an aromatic ring is 1. The average molecular weight is 284 g/mol. The zero-order chi connectivity index (χ0) is 13.1. The third-order valence-electron chi connectivity index (χ3n) is 1.89. The van der Waals surface area contributed by atoms with Gasteiger partial charge in [0.25, 0.3) is 0 Å². The van der Waals surface area contributed by atoms with E-state index in [0.717, 1.165) is 0 Å². The summed E-state index contributed by atoms with van der Waals surface area (Å²) >= 11 is 5.09. The Labute approximate surface area is 105 Å². The van der Waals surface area contributed by atoms with Crippen molar-refractivity contribution in [3.63, 3.8) is 0 Å². The van der Waals surface area contributed by atoms with E-state index in [1.807, 2.05) is 0 Å². The van der Waals surface area contributed by atoms with Crippen LogP contribution in [0.3, 0.4) is 0 Å². The molecule has 0 amide bonds. The monoisotopic (exact) mass is 283 g/mol. The van der Waals surface area contributed by atoms with Crippen LogP contribution in [0.1, 0.15) is 5.56 Å². The van der Waals surface area contributed by atoms with Gasteiger partial charge in [0.1, 0.15) is 0 Å². The number of carbonyl (C=O) groups excluding carboxylic acids is 1. The second-order valence-electron chi connectivity index (χ2n) is 3.26. The van der Waals surface area contributed by atoms with Crippen molar-refractivity contribution in [1.29, 1.82) is 0 Å². The molecule has 0 aliphatic heterocycles. The van der Waals surface area contributed by atoms with E-state index in [0.29, 0.717) is 5.56 Å². The van der Waals surface area contributed by atoms with Crippen molar-refractivity contribution in [2.45, 2.75) is 16.8 Å². The lowest BCUT2D eigenvalue weighted by molar-refractivity contribution is -0.116. The minimum atomic E-state index is -4.35. The van der Waals surface area contributed by atoms with E-state index in [-0.39, 0.29) is 40.4 Å². The summed E-state index contributed by atoms with van der Waals surface area (Å²) in [6.07, 6.45) is 0.0340. The fraction of sp³-hybridized carbons (Fsp3) is 0.300. The maximum Gasteiger partial charge on any atom is 0.446 e. The van der Waals surface area contributed by atoms with E-state index in [4.69, 9.17) is 17.3 Å². The fourth-order valence-corrected chi connectivity index (χ4v) is 1.87. The molecule has 0 heterocycles. The molecule has 94 valence electrons. The van der Waals surface area contributed by atoms with Gasteiger partial charge in [-0.15, -0.1) is 11.6 Å². The van der Waals surface area contributed by atoms with Crippen LogP contribution in [0.15, 0.2) is 23.1 Å². The molecule has 1 rings (SSSR count). The Bertz CT molecular complexity index is 423. The number of ketones is 1. The molecule has 0 bridgehead atoms. The van der Waals surface area contributed by atoms with Crippen molar-refractivity contribution in [3.8, 4) is 0 Å². The van der Waals surface area contributed by atoms with Crippen LogP contribution in [-0.2, 0) is 11.2 Å². The van der Waals surface area contributed by atoms with E-state index in [9.17, 15) is 18.0 Å². The molecule has 0 radical (unpaired) electrons. The summed E-state index contributed by atoms with van der Waals surface area (Å²) in [7, 11) is 0. The molecule has 7 heteroatoms. The Balaban J connectivity index is 2.83. The number of nitrogens with two attached hydrogens (primary N) is 1. The zero-order valence-corrected chi connectivity index (χ0v) is 10.1. The second-order valence-corrected chi connectivity index (χ2v) is 4.66. The Morgan fingerprint density at radius 1 is 1.41 bits per heavy atom.